The van der Waals surface area contributed by atoms with Crippen LogP contribution >= 0.6 is 15.9 Å². The highest BCUT2D eigenvalue weighted by atomic mass is 79.9. The molecule has 0 atom stereocenters. The zero-order valence-corrected chi connectivity index (χ0v) is 11.7. The van der Waals surface area contributed by atoms with Gasteiger partial charge in [0, 0.05) is 15.5 Å². The molecule has 1 aromatic rings. The summed E-state index contributed by atoms with van der Waals surface area (Å²) < 4.78 is 0.817. The second kappa shape index (κ2) is 5.00. The first-order chi connectivity index (χ1) is 7.74. The van der Waals surface area contributed by atoms with Gasteiger partial charge in [-0.3, -0.25) is 9.59 Å². The van der Waals surface area contributed by atoms with Crippen LogP contribution in [0.2, 0.25) is 0 Å². The van der Waals surface area contributed by atoms with Crippen molar-refractivity contribution in [1.29, 1.82) is 0 Å². The summed E-state index contributed by atoms with van der Waals surface area (Å²) in [5.74, 6) is -1.10. The molecule has 0 aliphatic heterocycles. The minimum atomic E-state index is -0.962. The van der Waals surface area contributed by atoms with Crippen molar-refractivity contribution in [2.45, 2.75) is 27.2 Å². The summed E-state index contributed by atoms with van der Waals surface area (Å²) in [5.41, 5.74) is 0.541. The fourth-order valence-electron chi connectivity index (χ4n) is 1.66. The van der Waals surface area contributed by atoms with E-state index in [1.807, 2.05) is 19.1 Å². The van der Waals surface area contributed by atoms with Crippen molar-refractivity contribution in [3.8, 4) is 0 Å². The van der Waals surface area contributed by atoms with Crippen LogP contribution in [0.3, 0.4) is 0 Å². The molecule has 0 saturated heterocycles. The van der Waals surface area contributed by atoms with Gasteiger partial charge in [-0.2, -0.15) is 0 Å². The van der Waals surface area contributed by atoms with E-state index in [-0.39, 0.29) is 12.2 Å². The third-order valence-electron chi connectivity index (χ3n) is 2.65. The van der Waals surface area contributed by atoms with Gasteiger partial charge in [0.25, 0.3) is 0 Å². The Morgan fingerprint density at radius 2 is 1.94 bits per heavy atom. The first-order valence-electron chi connectivity index (χ1n) is 5.27. The van der Waals surface area contributed by atoms with E-state index < -0.39 is 11.4 Å². The molecule has 0 amide bonds. The Bertz CT molecular complexity index is 464. The number of halogens is 1. The van der Waals surface area contributed by atoms with Crippen LogP contribution in [0.25, 0.3) is 0 Å². The number of Topliss-reactive ketones (excluding diaryl/α,β-unsaturated/α-hetero) is 1. The normalized spacial score (nSPS) is 11.3. The molecule has 0 aliphatic carbocycles. The van der Waals surface area contributed by atoms with Crippen molar-refractivity contribution in [3.63, 3.8) is 0 Å². The molecule has 1 rings (SSSR count). The molecule has 92 valence electrons. The maximum atomic E-state index is 12.3. The molecule has 1 aromatic carbocycles. The number of aryl methyl sites for hydroxylation is 1. The fraction of sp³-hybridized carbons (Fsp3) is 0.385. The van der Waals surface area contributed by atoms with E-state index in [1.165, 1.54) is 0 Å². The second-order valence-corrected chi connectivity index (χ2v) is 5.66. The number of carboxylic acid groups (broad SMARTS) is 1. The Balaban J connectivity index is 3.11. The molecule has 17 heavy (non-hydrogen) atoms. The number of hydrogen-bond donors (Lipinski definition) is 1. The first-order valence-corrected chi connectivity index (χ1v) is 6.06. The van der Waals surface area contributed by atoms with E-state index in [0.29, 0.717) is 5.56 Å². The van der Waals surface area contributed by atoms with Gasteiger partial charge in [0.05, 0.1) is 6.42 Å². The van der Waals surface area contributed by atoms with Crippen molar-refractivity contribution in [2.75, 3.05) is 0 Å². The van der Waals surface area contributed by atoms with Crippen molar-refractivity contribution in [3.05, 3.63) is 33.8 Å². The lowest BCUT2D eigenvalue weighted by atomic mass is 9.80. The summed E-state index contributed by atoms with van der Waals surface area (Å²) in [4.78, 5) is 23.0. The predicted octanol–water partition coefficient (Wildman–Crippen LogP) is 3.44. The number of rotatable bonds is 4. The van der Waals surface area contributed by atoms with Gasteiger partial charge in [-0.25, -0.2) is 0 Å². The monoisotopic (exact) mass is 298 g/mol. The van der Waals surface area contributed by atoms with Crippen molar-refractivity contribution >= 4 is 27.7 Å². The number of carbonyl (C=O) groups excluding carboxylic acids is 1. The zero-order valence-electron chi connectivity index (χ0n) is 10.1. The Labute approximate surface area is 109 Å². The topological polar surface area (TPSA) is 54.4 Å². The Morgan fingerprint density at radius 1 is 1.35 bits per heavy atom. The van der Waals surface area contributed by atoms with Crippen molar-refractivity contribution in [2.24, 2.45) is 5.41 Å². The van der Waals surface area contributed by atoms with Gasteiger partial charge < -0.3 is 5.11 Å². The molecular weight excluding hydrogens is 284 g/mol. The molecule has 3 nitrogen and oxygen atoms in total. The average molecular weight is 299 g/mol. The minimum Gasteiger partial charge on any atom is -0.481 e. The van der Waals surface area contributed by atoms with Gasteiger partial charge in [-0.1, -0.05) is 35.8 Å². The Morgan fingerprint density at radius 3 is 2.47 bits per heavy atom. The second-order valence-electron chi connectivity index (χ2n) is 4.74. The summed E-state index contributed by atoms with van der Waals surface area (Å²) >= 11 is 3.31. The molecule has 0 bridgehead atoms. The molecule has 4 heteroatoms. The van der Waals surface area contributed by atoms with Crippen molar-refractivity contribution < 1.29 is 14.7 Å². The lowest BCUT2D eigenvalue weighted by Gasteiger charge is -2.21. The minimum absolute atomic E-state index is 0.140. The molecule has 0 heterocycles. The molecule has 0 aromatic heterocycles. The third kappa shape index (κ3) is 3.40. The summed E-state index contributed by atoms with van der Waals surface area (Å²) in [6.07, 6.45) is -0.169. The highest BCUT2D eigenvalue weighted by Crippen LogP contribution is 2.28. The van der Waals surface area contributed by atoms with Gasteiger partial charge in [-0.05, 0) is 24.6 Å². The largest absolute Gasteiger partial charge is 0.481 e. The summed E-state index contributed by atoms with van der Waals surface area (Å²) in [7, 11) is 0. The Kier molecular flexibility index (Phi) is 4.09. The van der Waals surface area contributed by atoms with Crippen LogP contribution in [0.15, 0.2) is 22.7 Å². The number of carboxylic acids is 1. The molecule has 0 aliphatic rings. The molecule has 0 fully saturated rings. The standard InChI is InChI=1S/C13H15BrO3/c1-8-4-5-9(14)6-10(8)12(17)13(2,3)7-11(15)16/h4-6H,7H2,1-3H3,(H,15,16). The lowest BCUT2D eigenvalue weighted by molar-refractivity contribution is -0.138. The average Bonchev–Trinajstić information content (AvgIpc) is 2.18. The summed E-state index contributed by atoms with van der Waals surface area (Å²) in [6.45, 7) is 5.16. The first kappa shape index (κ1) is 13.9. The summed E-state index contributed by atoms with van der Waals surface area (Å²) in [6, 6.07) is 5.44. The predicted molar refractivity (Wildman–Crippen MR) is 69.2 cm³/mol. The maximum absolute atomic E-state index is 12.3. The van der Waals surface area contributed by atoms with Gasteiger partial charge in [-0.15, -0.1) is 0 Å². The van der Waals surface area contributed by atoms with Gasteiger partial charge in [0.1, 0.15) is 0 Å². The number of carbonyl (C=O) groups is 2. The van der Waals surface area contributed by atoms with Crippen LogP contribution in [-0.2, 0) is 4.79 Å². The SMILES string of the molecule is Cc1ccc(Br)cc1C(=O)C(C)(C)CC(=O)O. The van der Waals surface area contributed by atoms with Crippen LogP contribution < -0.4 is 0 Å². The number of hydrogen-bond acceptors (Lipinski definition) is 2. The number of benzene rings is 1. The van der Waals surface area contributed by atoms with E-state index in [0.717, 1.165) is 10.0 Å². The van der Waals surface area contributed by atoms with Crippen LogP contribution in [-0.4, -0.2) is 16.9 Å². The Hall–Kier alpha value is -1.16. The smallest absolute Gasteiger partial charge is 0.304 e. The number of aliphatic carboxylic acids is 1. The van der Waals surface area contributed by atoms with Gasteiger partial charge in [0.15, 0.2) is 5.78 Å². The van der Waals surface area contributed by atoms with Crippen LogP contribution in [0, 0.1) is 12.3 Å². The highest BCUT2D eigenvalue weighted by molar-refractivity contribution is 9.10. The highest BCUT2D eigenvalue weighted by Gasteiger charge is 2.32. The van der Waals surface area contributed by atoms with Gasteiger partial charge >= 0.3 is 5.97 Å². The third-order valence-corrected chi connectivity index (χ3v) is 3.15. The summed E-state index contributed by atoms with van der Waals surface area (Å²) in [5, 5.41) is 8.81. The molecule has 0 spiro atoms. The quantitative estimate of drug-likeness (QED) is 0.866. The van der Waals surface area contributed by atoms with Crippen molar-refractivity contribution in [1.82, 2.24) is 0 Å². The molecular formula is C13H15BrO3. The van der Waals surface area contributed by atoms with Gasteiger partial charge in [0.2, 0.25) is 0 Å². The van der Waals surface area contributed by atoms with E-state index >= 15 is 0 Å². The van der Waals surface area contributed by atoms with E-state index in [4.69, 9.17) is 5.11 Å². The molecule has 0 unspecified atom stereocenters. The van der Waals surface area contributed by atoms with E-state index in [2.05, 4.69) is 15.9 Å². The zero-order chi connectivity index (χ0) is 13.2. The fourth-order valence-corrected chi connectivity index (χ4v) is 2.02. The van der Waals surface area contributed by atoms with Crippen LogP contribution in [0.5, 0.6) is 0 Å². The van der Waals surface area contributed by atoms with E-state index in [9.17, 15) is 9.59 Å². The molecule has 1 N–H and O–H groups in total. The number of ketones is 1. The van der Waals surface area contributed by atoms with E-state index in [1.54, 1.807) is 19.9 Å². The molecule has 0 saturated carbocycles. The molecule has 0 radical (unpaired) electrons. The van der Waals surface area contributed by atoms with Crippen LogP contribution in [0.4, 0.5) is 0 Å². The van der Waals surface area contributed by atoms with Crippen LogP contribution in [0.1, 0.15) is 36.2 Å². The maximum Gasteiger partial charge on any atom is 0.304 e. The lowest BCUT2D eigenvalue weighted by Crippen LogP contribution is -2.28.